The van der Waals surface area contributed by atoms with E-state index in [9.17, 15) is 9.59 Å². The summed E-state index contributed by atoms with van der Waals surface area (Å²) < 4.78 is 0. The lowest BCUT2D eigenvalue weighted by Crippen LogP contribution is -2.12. The van der Waals surface area contributed by atoms with Crippen LogP contribution in [0.5, 0.6) is 0 Å². The summed E-state index contributed by atoms with van der Waals surface area (Å²) >= 11 is 0. The predicted molar refractivity (Wildman–Crippen MR) is 51.3 cm³/mol. The molecule has 13 heavy (non-hydrogen) atoms. The number of hydrogen-bond acceptors (Lipinski definition) is 2. The molecule has 0 aliphatic heterocycles. The van der Waals surface area contributed by atoms with Crippen molar-refractivity contribution in [2.75, 3.05) is 0 Å². The van der Waals surface area contributed by atoms with E-state index >= 15 is 0 Å². The zero-order valence-corrected chi connectivity index (χ0v) is 8.26. The number of Topliss-reactive ketones (excluding diaryl/α,β-unsaturated/α-hetero) is 2. The van der Waals surface area contributed by atoms with Crippen LogP contribution in [0.2, 0.25) is 0 Å². The van der Waals surface area contributed by atoms with Gasteiger partial charge < -0.3 is 0 Å². The van der Waals surface area contributed by atoms with E-state index in [1.807, 2.05) is 19.1 Å². The molecule has 0 amide bonds. The molecule has 1 unspecified atom stereocenters. The summed E-state index contributed by atoms with van der Waals surface area (Å²) in [5.74, 6) is 0.323. The Hall–Kier alpha value is -1.18. The lowest BCUT2D eigenvalue weighted by atomic mass is 9.88. The highest BCUT2D eigenvalue weighted by Gasteiger charge is 2.18. The number of allylic oxidation sites excluding steroid dienone is 4. The zero-order chi connectivity index (χ0) is 10.0. The maximum Gasteiger partial charge on any atom is 0.160 e. The van der Waals surface area contributed by atoms with Crippen LogP contribution in [-0.4, -0.2) is 11.6 Å². The number of carbonyl (C=O) groups excluding carboxylic acids is 2. The molecule has 0 radical (unpaired) electrons. The Labute approximate surface area is 78.3 Å². The molecule has 0 bridgehead atoms. The Bertz CT molecular complexity index is 308. The van der Waals surface area contributed by atoms with E-state index in [0.717, 1.165) is 6.42 Å². The molecule has 1 aliphatic rings. The van der Waals surface area contributed by atoms with E-state index in [1.165, 1.54) is 13.8 Å². The van der Waals surface area contributed by atoms with Gasteiger partial charge in [0.05, 0.1) is 0 Å². The molecular weight excluding hydrogens is 164 g/mol. The van der Waals surface area contributed by atoms with Crippen molar-refractivity contribution in [2.45, 2.75) is 27.2 Å². The van der Waals surface area contributed by atoms with Crippen LogP contribution in [0.25, 0.3) is 0 Å². The fourth-order valence-electron chi connectivity index (χ4n) is 1.50. The highest BCUT2D eigenvalue weighted by Crippen LogP contribution is 2.23. The van der Waals surface area contributed by atoms with Gasteiger partial charge in [-0.2, -0.15) is 0 Å². The smallest absolute Gasteiger partial charge is 0.160 e. The summed E-state index contributed by atoms with van der Waals surface area (Å²) in [7, 11) is 0. The van der Waals surface area contributed by atoms with Gasteiger partial charge in [0.15, 0.2) is 11.6 Å². The number of ketones is 2. The topological polar surface area (TPSA) is 34.1 Å². The van der Waals surface area contributed by atoms with Gasteiger partial charge in [0.25, 0.3) is 0 Å². The first-order chi connectivity index (χ1) is 6.02. The van der Waals surface area contributed by atoms with Crippen molar-refractivity contribution in [1.82, 2.24) is 0 Å². The third-order valence-corrected chi connectivity index (χ3v) is 2.19. The van der Waals surface area contributed by atoms with Crippen molar-refractivity contribution in [3.8, 4) is 0 Å². The van der Waals surface area contributed by atoms with Crippen LogP contribution < -0.4 is 0 Å². The molecule has 0 heterocycles. The van der Waals surface area contributed by atoms with Crippen LogP contribution in [0, 0.1) is 5.92 Å². The minimum Gasteiger partial charge on any atom is -0.294 e. The summed E-state index contributed by atoms with van der Waals surface area (Å²) in [6.45, 7) is 5.04. The Morgan fingerprint density at radius 2 is 1.77 bits per heavy atom. The molecule has 0 spiro atoms. The Balaban J connectivity index is 3.04. The molecule has 0 aromatic rings. The summed E-state index contributed by atoms with van der Waals surface area (Å²) in [4.78, 5) is 22.4. The molecule has 0 aromatic carbocycles. The first kappa shape index (κ1) is 9.90. The molecule has 0 aromatic heterocycles. The fraction of sp³-hybridized carbons (Fsp3) is 0.455. The fourth-order valence-corrected chi connectivity index (χ4v) is 1.50. The van der Waals surface area contributed by atoms with Crippen LogP contribution >= 0.6 is 0 Å². The number of carbonyl (C=O) groups is 2. The summed E-state index contributed by atoms with van der Waals surface area (Å²) in [6.07, 6.45) is 4.61. The monoisotopic (exact) mass is 178 g/mol. The molecule has 1 atom stereocenters. The third-order valence-electron chi connectivity index (χ3n) is 2.19. The Morgan fingerprint density at radius 1 is 1.23 bits per heavy atom. The van der Waals surface area contributed by atoms with Gasteiger partial charge in [-0.15, -0.1) is 0 Å². The normalized spacial score (nSPS) is 21.9. The van der Waals surface area contributed by atoms with Crippen molar-refractivity contribution in [1.29, 1.82) is 0 Å². The van der Waals surface area contributed by atoms with Gasteiger partial charge in [0.2, 0.25) is 0 Å². The molecule has 0 saturated heterocycles. The van der Waals surface area contributed by atoms with Gasteiger partial charge in [-0.05, 0) is 26.2 Å². The van der Waals surface area contributed by atoms with Crippen LogP contribution in [0.4, 0.5) is 0 Å². The minimum atomic E-state index is -0.0204. The highest BCUT2D eigenvalue weighted by atomic mass is 16.1. The summed E-state index contributed by atoms with van der Waals surface area (Å²) in [5.41, 5.74) is 1.18. The van der Waals surface area contributed by atoms with E-state index in [2.05, 4.69) is 0 Å². The van der Waals surface area contributed by atoms with E-state index in [4.69, 9.17) is 0 Å². The van der Waals surface area contributed by atoms with Gasteiger partial charge in [0.1, 0.15) is 0 Å². The first-order valence-corrected chi connectivity index (χ1v) is 4.46. The lowest BCUT2D eigenvalue weighted by Gasteiger charge is -2.15. The number of hydrogen-bond donors (Lipinski definition) is 0. The van der Waals surface area contributed by atoms with Crippen LogP contribution in [0.3, 0.4) is 0 Å². The van der Waals surface area contributed by atoms with Crippen molar-refractivity contribution in [3.05, 3.63) is 23.3 Å². The van der Waals surface area contributed by atoms with Gasteiger partial charge in [0, 0.05) is 11.1 Å². The van der Waals surface area contributed by atoms with E-state index in [0.29, 0.717) is 17.1 Å². The maximum atomic E-state index is 11.2. The molecule has 70 valence electrons. The lowest BCUT2D eigenvalue weighted by molar-refractivity contribution is -0.116. The standard InChI is InChI=1S/C11H14O2/c1-7-4-5-10(8(2)12)11(6-7)9(3)13/h5-7H,4H2,1-3H3. The minimum absolute atomic E-state index is 0.0200. The van der Waals surface area contributed by atoms with Crippen LogP contribution in [0.15, 0.2) is 23.3 Å². The van der Waals surface area contributed by atoms with E-state index < -0.39 is 0 Å². The molecule has 0 fully saturated rings. The SMILES string of the molecule is CC(=O)C1=CCC(C)C=C1C(C)=O. The highest BCUT2D eigenvalue weighted by molar-refractivity contribution is 6.11. The quantitative estimate of drug-likeness (QED) is 0.648. The van der Waals surface area contributed by atoms with Gasteiger partial charge >= 0.3 is 0 Å². The second kappa shape index (κ2) is 3.69. The van der Waals surface area contributed by atoms with Crippen molar-refractivity contribution < 1.29 is 9.59 Å². The van der Waals surface area contributed by atoms with Gasteiger partial charge in [-0.1, -0.05) is 19.1 Å². The summed E-state index contributed by atoms with van der Waals surface area (Å²) in [6, 6.07) is 0. The third kappa shape index (κ3) is 2.14. The van der Waals surface area contributed by atoms with E-state index in [1.54, 1.807) is 0 Å². The Morgan fingerprint density at radius 3 is 2.23 bits per heavy atom. The average Bonchev–Trinajstić information content (AvgIpc) is 2.03. The van der Waals surface area contributed by atoms with Gasteiger partial charge in [-0.3, -0.25) is 9.59 Å². The molecule has 0 saturated carbocycles. The van der Waals surface area contributed by atoms with Crippen molar-refractivity contribution in [2.24, 2.45) is 5.92 Å². The second-order valence-corrected chi connectivity index (χ2v) is 3.52. The second-order valence-electron chi connectivity index (χ2n) is 3.52. The number of rotatable bonds is 2. The molecule has 2 nitrogen and oxygen atoms in total. The van der Waals surface area contributed by atoms with Crippen LogP contribution in [-0.2, 0) is 9.59 Å². The summed E-state index contributed by atoms with van der Waals surface area (Å²) in [5, 5.41) is 0. The van der Waals surface area contributed by atoms with Crippen LogP contribution in [0.1, 0.15) is 27.2 Å². The molecule has 2 heteroatoms. The predicted octanol–water partition coefficient (Wildman–Crippen LogP) is 2.06. The zero-order valence-electron chi connectivity index (χ0n) is 8.26. The maximum absolute atomic E-state index is 11.2. The van der Waals surface area contributed by atoms with Crippen molar-refractivity contribution in [3.63, 3.8) is 0 Å². The average molecular weight is 178 g/mol. The first-order valence-electron chi connectivity index (χ1n) is 4.46. The van der Waals surface area contributed by atoms with E-state index in [-0.39, 0.29) is 11.6 Å². The molecule has 1 rings (SSSR count). The molecule has 0 N–H and O–H groups in total. The largest absolute Gasteiger partial charge is 0.294 e. The molecular formula is C11H14O2. The Kier molecular flexibility index (Phi) is 2.81. The van der Waals surface area contributed by atoms with Crippen molar-refractivity contribution >= 4 is 11.6 Å². The molecule has 1 aliphatic carbocycles. The van der Waals surface area contributed by atoms with Gasteiger partial charge in [-0.25, -0.2) is 0 Å².